The first kappa shape index (κ1) is 10.6. The average Bonchev–Trinajstić information content (AvgIpc) is 2.89. The second-order valence-electron chi connectivity index (χ2n) is 5.26. The molecule has 17 heavy (non-hydrogen) atoms. The summed E-state index contributed by atoms with van der Waals surface area (Å²) in [6.07, 6.45) is 6.56. The molecule has 88 valence electrons. The van der Waals surface area contributed by atoms with Crippen molar-refractivity contribution < 1.29 is 9.53 Å². The molecule has 1 fully saturated rings. The lowest BCUT2D eigenvalue weighted by Gasteiger charge is -2.31. The molecule has 0 aliphatic heterocycles. The van der Waals surface area contributed by atoms with Crippen LogP contribution in [0, 0.1) is 11.8 Å². The van der Waals surface area contributed by atoms with Gasteiger partial charge in [0.25, 0.3) is 0 Å². The van der Waals surface area contributed by atoms with Gasteiger partial charge in [-0.2, -0.15) is 0 Å². The fraction of sp³-hybridized carbons (Fsp3) is 0.400. The van der Waals surface area contributed by atoms with Crippen LogP contribution in [0.15, 0.2) is 42.5 Å². The number of ether oxygens (including phenoxy) is 1. The summed E-state index contributed by atoms with van der Waals surface area (Å²) in [6, 6.07) is 9.22. The van der Waals surface area contributed by atoms with E-state index >= 15 is 0 Å². The monoisotopic (exact) mass is 228 g/mol. The number of carbonyl (C=O) groups excluding carboxylic acids is 1. The molecule has 2 nitrogen and oxygen atoms in total. The molecule has 2 aliphatic rings. The number of hydrogen-bond donors (Lipinski definition) is 0. The largest absolute Gasteiger partial charge is 0.455 e. The van der Waals surface area contributed by atoms with Gasteiger partial charge in [0.1, 0.15) is 5.60 Å². The van der Waals surface area contributed by atoms with E-state index in [0.717, 1.165) is 12.8 Å². The predicted octanol–water partition coefficient (Wildman–Crippen LogP) is 3.20. The number of fused-ring (bicyclic) bond motifs is 2. The fourth-order valence-electron chi connectivity index (χ4n) is 3.01. The maximum atomic E-state index is 12.0. The van der Waals surface area contributed by atoms with Gasteiger partial charge in [0.15, 0.2) is 0 Å². The maximum absolute atomic E-state index is 12.0. The van der Waals surface area contributed by atoms with Gasteiger partial charge < -0.3 is 4.74 Å². The molecule has 1 saturated carbocycles. The van der Waals surface area contributed by atoms with Gasteiger partial charge in [-0.3, -0.25) is 0 Å². The smallest absolute Gasteiger partial charge is 0.338 e. The zero-order chi connectivity index (χ0) is 11.9. The Morgan fingerprint density at radius 1 is 1.29 bits per heavy atom. The van der Waals surface area contributed by atoms with E-state index in [0.29, 0.717) is 17.4 Å². The molecule has 2 aliphatic carbocycles. The zero-order valence-corrected chi connectivity index (χ0v) is 9.93. The van der Waals surface area contributed by atoms with Crippen molar-refractivity contribution in [2.24, 2.45) is 11.8 Å². The molecule has 0 N–H and O–H groups in total. The Kier molecular flexibility index (Phi) is 2.32. The molecule has 1 aromatic rings. The number of allylic oxidation sites excluding steroid dienone is 1. The molecule has 0 radical (unpaired) electrons. The molecule has 0 spiro atoms. The Balaban J connectivity index is 1.76. The topological polar surface area (TPSA) is 26.3 Å². The van der Waals surface area contributed by atoms with Crippen LogP contribution < -0.4 is 0 Å². The first-order valence-electron chi connectivity index (χ1n) is 6.14. The van der Waals surface area contributed by atoms with Crippen LogP contribution in [-0.2, 0) is 4.74 Å². The van der Waals surface area contributed by atoms with E-state index in [1.807, 2.05) is 18.2 Å². The third-order valence-electron chi connectivity index (χ3n) is 3.96. The Morgan fingerprint density at radius 2 is 2.06 bits per heavy atom. The molecule has 0 saturated heterocycles. The van der Waals surface area contributed by atoms with E-state index in [4.69, 9.17) is 4.74 Å². The van der Waals surface area contributed by atoms with E-state index < -0.39 is 0 Å². The van der Waals surface area contributed by atoms with Gasteiger partial charge in [-0.05, 0) is 37.8 Å². The molecule has 0 heterocycles. The minimum absolute atomic E-state index is 0.200. The lowest BCUT2D eigenvalue weighted by Crippen LogP contribution is -2.35. The van der Waals surface area contributed by atoms with Gasteiger partial charge in [-0.25, -0.2) is 4.79 Å². The van der Waals surface area contributed by atoms with Crippen molar-refractivity contribution in [1.29, 1.82) is 0 Å². The summed E-state index contributed by atoms with van der Waals surface area (Å²) >= 11 is 0. The van der Waals surface area contributed by atoms with Crippen molar-refractivity contribution >= 4 is 5.97 Å². The summed E-state index contributed by atoms with van der Waals surface area (Å²) in [5.41, 5.74) is 0.340. The van der Waals surface area contributed by atoms with Gasteiger partial charge in [-0.1, -0.05) is 30.4 Å². The van der Waals surface area contributed by atoms with Crippen LogP contribution >= 0.6 is 0 Å². The van der Waals surface area contributed by atoms with Crippen LogP contribution in [0.5, 0.6) is 0 Å². The first-order chi connectivity index (χ1) is 8.17. The van der Waals surface area contributed by atoms with Crippen LogP contribution in [-0.4, -0.2) is 11.6 Å². The van der Waals surface area contributed by atoms with E-state index in [9.17, 15) is 4.79 Å². The third-order valence-corrected chi connectivity index (χ3v) is 3.96. The van der Waals surface area contributed by atoms with Gasteiger partial charge in [-0.15, -0.1) is 0 Å². The molecule has 3 atom stereocenters. The summed E-state index contributed by atoms with van der Waals surface area (Å²) in [7, 11) is 0. The van der Waals surface area contributed by atoms with E-state index in [1.165, 1.54) is 0 Å². The third kappa shape index (κ3) is 1.78. The molecule has 0 amide bonds. The van der Waals surface area contributed by atoms with Crippen LogP contribution in [0.4, 0.5) is 0 Å². The normalized spacial score (nSPS) is 33.9. The highest BCUT2D eigenvalue weighted by Gasteiger charge is 2.47. The quantitative estimate of drug-likeness (QED) is 0.574. The second-order valence-corrected chi connectivity index (χ2v) is 5.26. The summed E-state index contributed by atoms with van der Waals surface area (Å²) in [5.74, 6) is 0.808. The molecule has 2 bridgehead atoms. The van der Waals surface area contributed by atoms with Crippen molar-refractivity contribution in [2.45, 2.75) is 25.4 Å². The van der Waals surface area contributed by atoms with Gasteiger partial charge in [0.2, 0.25) is 0 Å². The number of carbonyl (C=O) groups is 1. The van der Waals surface area contributed by atoms with Crippen molar-refractivity contribution in [1.82, 2.24) is 0 Å². The van der Waals surface area contributed by atoms with Crippen molar-refractivity contribution in [3.63, 3.8) is 0 Å². The highest BCUT2D eigenvalue weighted by atomic mass is 16.6. The first-order valence-corrected chi connectivity index (χ1v) is 6.14. The number of benzene rings is 1. The molecular formula is C15H16O2. The van der Waals surface area contributed by atoms with Crippen molar-refractivity contribution in [2.75, 3.05) is 0 Å². The van der Waals surface area contributed by atoms with Crippen LogP contribution in [0.25, 0.3) is 0 Å². The Morgan fingerprint density at radius 3 is 2.65 bits per heavy atom. The van der Waals surface area contributed by atoms with Crippen molar-refractivity contribution in [3.8, 4) is 0 Å². The highest BCUT2D eigenvalue weighted by Crippen LogP contribution is 2.48. The minimum atomic E-state index is -0.299. The van der Waals surface area contributed by atoms with Crippen LogP contribution in [0.1, 0.15) is 30.1 Å². The van der Waals surface area contributed by atoms with Gasteiger partial charge in [0.05, 0.1) is 5.56 Å². The summed E-state index contributed by atoms with van der Waals surface area (Å²) in [5, 5.41) is 0. The molecule has 1 aromatic carbocycles. The summed E-state index contributed by atoms with van der Waals surface area (Å²) in [4.78, 5) is 12.0. The number of rotatable bonds is 2. The number of hydrogen-bond acceptors (Lipinski definition) is 2. The summed E-state index contributed by atoms with van der Waals surface area (Å²) in [6.45, 7) is 2.06. The SMILES string of the molecule is CC1(OC(=O)c2ccccc2)CC2C=CC1C2. The molecule has 3 rings (SSSR count). The molecule has 3 unspecified atom stereocenters. The van der Waals surface area contributed by atoms with E-state index in [2.05, 4.69) is 19.1 Å². The van der Waals surface area contributed by atoms with E-state index in [1.54, 1.807) is 12.1 Å². The molecule has 2 heteroatoms. The average molecular weight is 228 g/mol. The Hall–Kier alpha value is -1.57. The maximum Gasteiger partial charge on any atom is 0.338 e. The summed E-state index contributed by atoms with van der Waals surface area (Å²) < 4.78 is 5.73. The second kappa shape index (κ2) is 3.73. The van der Waals surface area contributed by atoms with Crippen LogP contribution in [0.2, 0.25) is 0 Å². The molecular weight excluding hydrogens is 212 g/mol. The van der Waals surface area contributed by atoms with Crippen molar-refractivity contribution in [3.05, 3.63) is 48.0 Å². The fourth-order valence-corrected chi connectivity index (χ4v) is 3.01. The number of esters is 1. The minimum Gasteiger partial charge on any atom is -0.455 e. The van der Waals surface area contributed by atoms with Gasteiger partial charge in [0, 0.05) is 5.92 Å². The lowest BCUT2D eigenvalue weighted by atomic mass is 9.90. The standard InChI is InChI=1S/C15H16O2/c1-15(10-11-7-8-13(15)9-11)17-14(16)12-5-3-2-4-6-12/h2-8,11,13H,9-10H2,1H3. The Bertz CT molecular complexity index is 463. The van der Waals surface area contributed by atoms with Gasteiger partial charge >= 0.3 is 5.97 Å². The lowest BCUT2D eigenvalue weighted by molar-refractivity contribution is -0.0218. The predicted molar refractivity (Wildman–Crippen MR) is 65.6 cm³/mol. The van der Waals surface area contributed by atoms with E-state index in [-0.39, 0.29) is 11.6 Å². The molecule has 0 aromatic heterocycles. The highest BCUT2D eigenvalue weighted by molar-refractivity contribution is 5.89. The van der Waals surface area contributed by atoms with Crippen LogP contribution in [0.3, 0.4) is 0 Å². The Labute approximate surface area is 101 Å². The zero-order valence-electron chi connectivity index (χ0n) is 9.93.